The molecule has 2 rings (SSSR count). The summed E-state index contributed by atoms with van der Waals surface area (Å²) in [5, 5.41) is 3.35. The Balaban J connectivity index is 0.00000288. The molecule has 1 aliphatic rings. The molecule has 144 valence electrons. The number of ether oxygens (including phenoxy) is 1. The first-order valence-electron chi connectivity index (χ1n) is 8.04. The maximum Gasteiger partial charge on any atom is 0.255 e. The second-order valence-corrected chi connectivity index (χ2v) is 7.00. The Morgan fingerprint density at radius 1 is 1.44 bits per heavy atom. The van der Waals surface area contributed by atoms with Crippen molar-refractivity contribution in [3.63, 3.8) is 0 Å². The second kappa shape index (κ2) is 11.0. The van der Waals surface area contributed by atoms with Crippen LogP contribution in [0.4, 0.5) is 5.69 Å². The normalized spacial score (nSPS) is 16.9. The van der Waals surface area contributed by atoms with Crippen molar-refractivity contribution in [3.05, 3.63) is 22.7 Å². The van der Waals surface area contributed by atoms with Crippen LogP contribution in [0.15, 0.2) is 12.1 Å². The maximum absolute atomic E-state index is 12.4. The van der Waals surface area contributed by atoms with Crippen LogP contribution in [0.5, 0.6) is 5.75 Å². The molecule has 3 N–H and O–H groups in total. The molecule has 1 aromatic rings. The number of amides is 1. The third kappa shape index (κ3) is 6.74. The lowest BCUT2D eigenvalue weighted by Gasteiger charge is -2.18. The third-order valence-electron chi connectivity index (χ3n) is 4.11. The minimum Gasteiger partial charge on any atom is -0.496 e. The van der Waals surface area contributed by atoms with Crippen molar-refractivity contribution in [1.82, 2.24) is 10.2 Å². The van der Waals surface area contributed by atoms with Crippen molar-refractivity contribution >= 4 is 48.0 Å². The van der Waals surface area contributed by atoms with Crippen molar-refractivity contribution in [1.29, 1.82) is 0 Å². The van der Waals surface area contributed by atoms with Gasteiger partial charge in [0.15, 0.2) is 0 Å². The second-order valence-electron chi connectivity index (χ2n) is 6.59. The summed E-state index contributed by atoms with van der Waals surface area (Å²) in [4.78, 5) is 14.9. The lowest BCUT2D eigenvalue weighted by atomic mass is 10.1. The van der Waals surface area contributed by atoms with Gasteiger partial charge in [0, 0.05) is 25.7 Å². The van der Waals surface area contributed by atoms with Gasteiger partial charge >= 0.3 is 0 Å². The fourth-order valence-electron chi connectivity index (χ4n) is 3.01. The predicted octanol–water partition coefficient (Wildman–Crippen LogP) is 3.48. The van der Waals surface area contributed by atoms with Gasteiger partial charge in [0.2, 0.25) is 0 Å². The molecule has 25 heavy (non-hydrogen) atoms. The monoisotopic (exact) mass is 411 g/mol. The van der Waals surface area contributed by atoms with Crippen LogP contribution in [0, 0.1) is 11.8 Å². The summed E-state index contributed by atoms with van der Waals surface area (Å²) >= 11 is 6.01. The lowest BCUT2D eigenvalue weighted by molar-refractivity contribution is 0.0944. The summed E-state index contributed by atoms with van der Waals surface area (Å²) in [6, 6.07) is 3.14. The Labute approximate surface area is 167 Å². The molecule has 0 radical (unpaired) electrons. The molecule has 1 atom stereocenters. The van der Waals surface area contributed by atoms with E-state index in [1.165, 1.54) is 7.11 Å². The number of carbonyl (C=O) groups excluding carboxylic acids is 1. The smallest absolute Gasteiger partial charge is 0.255 e. The summed E-state index contributed by atoms with van der Waals surface area (Å²) in [5.74, 6) is 1.43. The maximum atomic E-state index is 12.4. The van der Waals surface area contributed by atoms with E-state index in [4.69, 9.17) is 22.1 Å². The van der Waals surface area contributed by atoms with E-state index >= 15 is 0 Å². The van der Waals surface area contributed by atoms with E-state index in [1.807, 2.05) is 0 Å². The minimum absolute atomic E-state index is 0. The number of hydrogen-bond acceptors (Lipinski definition) is 4. The summed E-state index contributed by atoms with van der Waals surface area (Å²) in [6.45, 7) is 8.39. The highest BCUT2D eigenvalue weighted by Crippen LogP contribution is 2.28. The fourth-order valence-corrected chi connectivity index (χ4v) is 3.17. The Hall–Kier alpha value is -0.880. The molecule has 0 bridgehead atoms. The Morgan fingerprint density at radius 3 is 2.72 bits per heavy atom. The molecule has 1 heterocycles. The zero-order valence-electron chi connectivity index (χ0n) is 14.9. The molecule has 0 aromatic heterocycles. The number of benzene rings is 1. The van der Waals surface area contributed by atoms with Gasteiger partial charge in [0.25, 0.3) is 5.91 Å². The van der Waals surface area contributed by atoms with E-state index in [0.29, 0.717) is 40.4 Å². The molecule has 1 aromatic carbocycles. The van der Waals surface area contributed by atoms with Crippen molar-refractivity contribution < 1.29 is 9.53 Å². The van der Waals surface area contributed by atoms with Crippen LogP contribution in [-0.4, -0.2) is 44.1 Å². The van der Waals surface area contributed by atoms with E-state index in [0.717, 1.165) is 26.1 Å². The van der Waals surface area contributed by atoms with E-state index in [9.17, 15) is 4.79 Å². The minimum atomic E-state index is -0.175. The number of rotatable bonds is 6. The molecule has 1 saturated heterocycles. The highest BCUT2D eigenvalue weighted by Gasteiger charge is 2.24. The van der Waals surface area contributed by atoms with Crippen molar-refractivity contribution in [2.75, 3.05) is 39.0 Å². The zero-order chi connectivity index (χ0) is 17.0. The zero-order valence-corrected chi connectivity index (χ0v) is 17.3. The standard InChI is InChI=1S/C17H26ClN3O2.2ClH/c1-11(2)9-21-5-4-12(10-21)8-20-17(22)13-6-14(18)15(19)7-16(13)23-3;;/h6-7,11-12H,4-5,8-10,19H2,1-3H3,(H,20,22);2*1H. The Bertz CT molecular complexity index is 570. The number of nitrogens with one attached hydrogen (secondary N) is 1. The molecular formula is C17H28Cl3N3O2. The summed E-state index contributed by atoms with van der Waals surface area (Å²) in [6.07, 6.45) is 1.12. The van der Waals surface area contributed by atoms with Crippen LogP contribution in [0.3, 0.4) is 0 Å². The summed E-state index contributed by atoms with van der Waals surface area (Å²) in [7, 11) is 1.51. The van der Waals surface area contributed by atoms with E-state index < -0.39 is 0 Å². The first-order valence-corrected chi connectivity index (χ1v) is 8.42. The van der Waals surface area contributed by atoms with Gasteiger partial charge < -0.3 is 20.7 Å². The number of anilines is 1. The number of methoxy groups -OCH3 is 1. The first kappa shape index (κ1) is 24.1. The van der Waals surface area contributed by atoms with Gasteiger partial charge in [0.1, 0.15) is 5.75 Å². The molecule has 8 heteroatoms. The molecule has 1 aliphatic heterocycles. The number of nitrogens with two attached hydrogens (primary N) is 1. The molecule has 0 spiro atoms. The highest BCUT2D eigenvalue weighted by atomic mass is 35.5. The van der Waals surface area contributed by atoms with E-state index in [-0.39, 0.29) is 30.7 Å². The number of nitrogens with zero attached hydrogens (tertiary/aromatic N) is 1. The summed E-state index contributed by atoms with van der Waals surface area (Å²) < 4.78 is 5.23. The number of halogens is 3. The molecule has 1 amide bonds. The molecule has 5 nitrogen and oxygen atoms in total. The average Bonchev–Trinajstić information content (AvgIpc) is 2.93. The van der Waals surface area contributed by atoms with Gasteiger partial charge in [-0.15, -0.1) is 24.8 Å². The quantitative estimate of drug-likeness (QED) is 0.702. The van der Waals surface area contributed by atoms with Gasteiger partial charge in [-0.3, -0.25) is 4.79 Å². The fraction of sp³-hybridized carbons (Fsp3) is 0.588. The highest BCUT2D eigenvalue weighted by molar-refractivity contribution is 6.33. The van der Waals surface area contributed by atoms with Gasteiger partial charge in [0.05, 0.1) is 23.4 Å². The van der Waals surface area contributed by atoms with Crippen molar-refractivity contribution in [2.24, 2.45) is 11.8 Å². The molecule has 0 saturated carbocycles. The molecule has 0 aliphatic carbocycles. The van der Waals surface area contributed by atoms with Crippen LogP contribution in [0.2, 0.25) is 5.02 Å². The average molecular weight is 413 g/mol. The van der Waals surface area contributed by atoms with Gasteiger partial charge in [-0.1, -0.05) is 25.4 Å². The predicted molar refractivity (Wildman–Crippen MR) is 109 cm³/mol. The molecule has 1 fully saturated rings. The van der Waals surface area contributed by atoms with Crippen LogP contribution < -0.4 is 15.8 Å². The number of likely N-dealkylation sites (tertiary alicyclic amines) is 1. The van der Waals surface area contributed by atoms with Crippen LogP contribution in [0.25, 0.3) is 0 Å². The number of hydrogen-bond donors (Lipinski definition) is 2. The Kier molecular flexibility index (Phi) is 10.6. The molecule has 1 unspecified atom stereocenters. The van der Waals surface area contributed by atoms with Crippen LogP contribution in [0.1, 0.15) is 30.6 Å². The number of nitrogen functional groups attached to an aromatic ring is 1. The summed E-state index contributed by atoms with van der Waals surface area (Å²) in [5.41, 5.74) is 6.57. The van der Waals surface area contributed by atoms with Gasteiger partial charge in [-0.05, 0) is 30.9 Å². The lowest BCUT2D eigenvalue weighted by Crippen LogP contribution is -2.32. The van der Waals surface area contributed by atoms with Crippen molar-refractivity contribution in [2.45, 2.75) is 20.3 Å². The largest absolute Gasteiger partial charge is 0.496 e. The van der Waals surface area contributed by atoms with Gasteiger partial charge in [-0.2, -0.15) is 0 Å². The van der Waals surface area contributed by atoms with Crippen molar-refractivity contribution in [3.8, 4) is 5.75 Å². The first-order chi connectivity index (χ1) is 10.9. The van der Waals surface area contributed by atoms with E-state index in [1.54, 1.807) is 12.1 Å². The van der Waals surface area contributed by atoms with Crippen LogP contribution >= 0.6 is 36.4 Å². The van der Waals surface area contributed by atoms with Gasteiger partial charge in [-0.25, -0.2) is 0 Å². The Morgan fingerprint density at radius 2 is 2.12 bits per heavy atom. The van der Waals surface area contributed by atoms with Crippen LogP contribution in [-0.2, 0) is 0 Å². The number of carbonyl (C=O) groups is 1. The SMILES string of the molecule is COc1cc(N)c(Cl)cc1C(=O)NCC1CCN(CC(C)C)C1.Cl.Cl. The topological polar surface area (TPSA) is 67.6 Å². The van der Waals surface area contributed by atoms with E-state index in [2.05, 4.69) is 24.1 Å². The third-order valence-corrected chi connectivity index (χ3v) is 4.44. The molecular weight excluding hydrogens is 385 g/mol.